The van der Waals surface area contributed by atoms with Crippen LogP contribution < -0.4 is 24.3 Å². The second-order valence-corrected chi connectivity index (χ2v) is 6.79. The summed E-state index contributed by atoms with van der Waals surface area (Å²) in [6.07, 6.45) is 1.77. The molecule has 0 aliphatic heterocycles. The van der Waals surface area contributed by atoms with Crippen molar-refractivity contribution in [3.05, 3.63) is 60.3 Å². The van der Waals surface area contributed by atoms with E-state index in [0.29, 0.717) is 29.5 Å². The van der Waals surface area contributed by atoms with E-state index in [4.69, 9.17) is 18.9 Å². The third kappa shape index (κ3) is 3.52. The number of rotatable bonds is 7. The van der Waals surface area contributed by atoms with Gasteiger partial charge in [-0.2, -0.15) is 0 Å². The maximum absolute atomic E-state index is 5.56. The molecule has 1 aromatic heterocycles. The van der Waals surface area contributed by atoms with Crippen molar-refractivity contribution in [3.63, 3.8) is 0 Å². The number of fused-ring (bicyclic) bond motifs is 3. The fraction of sp³-hybridized carbons (Fsp3) is 0.208. The molecule has 4 rings (SSSR count). The van der Waals surface area contributed by atoms with Gasteiger partial charge in [0.05, 0.1) is 28.4 Å². The Kier molecular flexibility index (Phi) is 5.48. The van der Waals surface area contributed by atoms with Gasteiger partial charge in [0.1, 0.15) is 5.82 Å². The molecule has 0 aliphatic rings. The monoisotopic (exact) mass is 404 g/mol. The first kappa shape index (κ1) is 19.6. The van der Waals surface area contributed by atoms with E-state index < -0.39 is 0 Å². The van der Waals surface area contributed by atoms with Gasteiger partial charge in [-0.1, -0.05) is 6.07 Å². The van der Waals surface area contributed by atoms with Crippen LogP contribution in [0.1, 0.15) is 5.56 Å². The molecule has 3 aromatic carbocycles. The van der Waals surface area contributed by atoms with Crippen molar-refractivity contribution in [3.8, 4) is 23.0 Å². The molecular weight excluding hydrogens is 380 g/mol. The van der Waals surface area contributed by atoms with Crippen LogP contribution in [0, 0.1) is 0 Å². The SMILES string of the molecule is COc1cc2cc(CNc3ccccn3)c3cc(OC)c(OC)cc3c2cc1OC. The smallest absolute Gasteiger partial charge is 0.161 e. The summed E-state index contributed by atoms with van der Waals surface area (Å²) in [5.74, 6) is 3.55. The minimum atomic E-state index is 0.604. The van der Waals surface area contributed by atoms with Crippen molar-refractivity contribution in [2.75, 3.05) is 33.8 Å². The van der Waals surface area contributed by atoms with E-state index in [1.807, 2.05) is 42.5 Å². The predicted octanol–water partition coefficient (Wildman–Crippen LogP) is 5.03. The van der Waals surface area contributed by atoms with Gasteiger partial charge in [-0.3, -0.25) is 0 Å². The molecule has 0 saturated heterocycles. The number of nitrogens with one attached hydrogen (secondary N) is 1. The maximum atomic E-state index is 5.56. The van der Waals surface area contributed by atoms with Crippen LogP contribution in [0.15, 0.2) is 54.7 Å². The first-order chi connectivity index (χ1) is 14.7. The number of methoxy groups -OCH3 is 4. The fourth-order valence-electron chi connectivity index (χ4n) is 3.68. The summed E-state index contributed by atoms with van der Waals surface area (Å²) in [6, 6.07) is 16.0. The maximum Gasteiger partial charge on any atom is 0.161 e. The third-order valence-corrected chi connectivity index (χ3v) is 5.17. The lowest BCUT2D eigenvalue weighted by atomic mass is 9.96. The highest BCUT2D eigenvalue weighted by molar-refractivity contribution is 6.11. The van der Waals surface area contributed by atoms with Crippen LogP contribution in [0.25, 0.3) is 21.5 Å². The zero-order chi connectivity index (χ0) is 21.1. The lowest BCUT2D eigenvalue weighted by Gasteiger charge is -2.17. The summed E-state index contributed by atoms with van der Waals surface area (Å²) in [6.45, 7) is 0.604. The number of pyridine rings is 1. The molecule has 1 heterocycles. The molecule has 0 aliphatic carbocycles. The minimum Gasteiger partial charge on any atom is -0.493 e. The summed E-state index contributed by atoms with van der Waals surface area (Å²) < 4.78 is 22.2. The molecule has 0 atom stereocenters. The van der Waals surface area contributed by atoms with Gasteiger partial charge in [0.25, 0.3) is 0 Å². The first-order valence-corrected chi connectivity index (χ1v) is 9.56. The van der Waals surface area contributed by atoms with E-state index in [1.54, 1.807) is 34.6 Å². The van der Waals surface area contributed by atoms with Crippen LogP contribution >= 0.6 is 0 Å². The van der Waals surface area contributed by atoms with Crippen molar-refractivity contribution < 1.29 is 18.9 Å². The van der Waals surface area contributed by atoms with Crippen LogP contribution in [-0.4, -0.2) is 33.4 Å². The highest BCUT2D eigenvalue weighted by Gasteiger charge is 2.15. The van der Waals surface area contributed by atoms with Crippen LogP contribution in [0.3, 0.4) is 0 Å². The summed E-state index contributed by atoms with van der Waals surface area (Å²) in [7, 11) is 6.56. The highest BCUT2D eigenvalue weighted by Crippen LogP contribution is 2.41. The number of nitrogens with zero attached hydrogens (tertiary/aromatic N) is 1. The van der Waals surface area contributed by atoms with E-state index in [-0.39, 0.29) is 0 Å². The van der Waals surface area contributed by atoms with Crippen molar-refractivity contribution >= 4 is 27.4 Å². The second kappa shape index (κ2) is 8.37. The summed E-state index contributed by atoms with van der Waals surface area (Å²) in [5.41, 5.74) is 1.11. The Morgan fingerprint density at radius 1 is 0.700 bits per heavy atom. The van der Waals surface area contributed by atoms with Crippen LogP contribution in [0.4, 0.5) is 5.82 Å². The average molecular weight is 404 g/mol. The summed E-state index contributed by atoms with van der Waals surface area (Å²) in [4.78, 5) is 4.36. The molecule has 0 unspecified atom stereocenters. The number of anilines is 1. The number of hydrogen-bond donors (Lipinski definition) is 1. The van der Waals surface area contributed by atoms with E-state index in [1.165, 1.54) is 0 Å². The minimum absolute atomic E-state index is 0.604. The van der Waals surface area contributed by atoms with Crippen molar-refractivity contribution in [1.82, 2.24) is 4.98 Å². The second-order valence-electron chi connectivity index (χ2n) is 6.79. The van der Waals surface area contributed by atoms with Gasteiger partial charge >= 0.3 is 0 Å². The molecule has 0 fully saturated rings. The lowest BCUT2D eigenvalue weighted by Crippen LogP contribution is -2.02. The molecule has 0 bridgehead atoms. The standard InChI is InChI=1S/C24H24N2O4/c1-27-20-10-15-9-16(14-26-24-7-5-6-8-25-24)18-12-22(29-3)23(30-4)13-19(18)17(15)11-21(20)28-2/h5-13H,14H2,1-4H3,(H,25,26). The van der Waals surface area contributed by atoms with Gasteiger partial charge in [-0.05, 0) is 69.6 Å². The van der Waals surface area contributed by atoms with Crippen molar-refractivity contribution in [1.29, 1.82) is 0 Å². The number of hydrogen-bond acceptors (Lipinski definition) is 6. The number of aromatic nitrogens is 1. The summed E-state index contributed by atoms with van der Waals surface area (Å²) in [5, 5.41) is 7.60. The van der Waals surface area contributed by atoms with Gasteiger partial charge in [0.15, 0.2) is 23.0 Å². The Balaban J connectivity index is 1.95. The van der Waals surface area contributed by atoms with Gasteiger partial charge < -0.3 is 24.3 Å². The molecule has 0 amide bonds. The number of ether oxygens (including phenoxy) is 4. The van der Waals surface area contributed by atoms with Gasteiger partial charge in [-0.25, -0.2) is 4.98 Å². The van der Waals surface area contributed by atoms with E-state index in [9.17, 15) is 0 Å². The molecule has 0 radical (unpaired) electrons. The first-order valence-electron chi connectivity index (χ1n) is 9.56. The molecule has 1 N–H and O–H groups in total. The molecule has 6 heteroatoms. The predicted molar refractivity (Wildman–Crippen MR) is 119 cm³/mol. The van der Waals surface area contributed by atoms with Crippen LogP contribution in [0.5, 0.6) is 23.0 Å². The van der Waals surface area contributed by atoms with Crippen LogP contribution in [-0.2, 0) is 6.54 Å². The Morgan fingerprint density at radius 2 is 1.30 bits per heavy atom. The highest BCUT2D eigenvalue weighted by atomic mass is 16.5. The fourth-order valence-corrected chi connectivity index (χ4v) is 3.68. The Bertz CT molecular complexity index is 1190. The Morgan fingerprint density at radius 3 is 1.90 bits per heavy atom. The van der Waals surface area contributed by atoms with Crippen molar-refractivity contribution in [2.45, 2.75) is 6.54 Å². The molecule has 6 nitrogen and oxygen atoms in total. The quantitative estimate of drug-likeness (QED) is 0.436. The molecular formula is C24H24N2O4. The number of benzene rings is 3. The van der Waals surface area contributed by atoms with Crippen molar-refractivity contribution in [2.24, 2.45) is 0 Å². The summed E-state index contributed by atoms with van der Waals surface area (Å²) >= 11 is 0. The normalized spacial score (nSPS) is 10.8. The zero-order valence-electron chi connectivity index (χ0n) is 17.5. The molecule has 30 heavy (non-hydrogen) atoms. The zero-order valence-corrected chi connectivity index (χ0v) is 17.5. The van der Waals surface area contributed by atoms with Gasteiger partial charge in [0, 0.05) is 12.7 Å². The van der Waals surface area contributed by atoms with Gasteiger partial charge in [-0.15, -0.1) is 0 Å². The molecule has 0 saturated carbocycles. The lowest BCUT2D eigenvalue weighted by molar-refractivity contribution is 0.355. The van der Waals surface area contributed by atoms with Crippen LogP contribution in [0.2, 0.25) is 0 Å². The molecule has 154 valence electrons. The Hall–Kier alpha value is -3.67. The van der Waals surface area contributed by atoms with E-state index in [2.05, 4.69) is 16.4 Å². The third-order valence-electron chi connectivity index (χ3n) is 5.17. The largest absolute Gasteiger partial charge is 0.493 e. The topological polar surface area (TPSA) is 61.8 Å². The molecule has 4 aromatic rings. The molecule has 0 spiro atoms. The Labute approximate surface area is 175 Å². The van der Waals surface area contributed by atoms with E-state index >= 15 is 0 Å². The van der Waals surface area contributed by atoms with E-state index in [0.717, 1.165) is 32.9 Å². The average Bonchev–Trinajstić information content (AvgIpc) is 2.81. The van der Waals surface area contributed by atoms with Gasteiger partial charge in [0.2, 0.25) is 0 Å².